The van der Waals surface area contributed by atoms with Crippen molar-refractivity contribution in [2.75, 3.05) is 0 Å². The van der Waals surface area contributed by atoms with Crippen molar-refractivity contribution in [1.82, 2.24) is 9.97 Å². The molecule has 0 atom stereocenters. The SMILES string of the molecule is Cc1ccc(-c2nc(Cl)c3c(Cl)ccc(C)c3n2)cc1F. The second-order valence-corrected chi connectivity index (χ2v) is 5.66. The lowest BCUT2D eigenvalue weighted by molar-refractivity contribution is 0.619. The van der Waals surface area contributed by atoms with Gasteiger partial charge in [-0.3, -0.25) is 0 Å². The molecule has 0 saturated carbocycles. The summed E-state index contributed by atoms with van der Waals surface area (Å²) in [6.07, 6.45) is 0. The Kier molecular flexibility index (Phi) is 3.56. The molecule has 3 aromatic rings. The minimum atomic E-state index is -0.296. The number of hydrogen-bond donors (Lipinski definition) is 0. The third kappa shape index (κ3) is 2.47. The summed E-state index contributed by atoms with van der Waals surface area (Å²) >= 11 is 12.4. The molecule has 106 valence electrons. The Balaban J connectivity index is 2.30. The fourth-order valence-corrected chi connectivity index (χ4v) is 2.71. The molecule has 0 amide bonds. The van der Waals surface area contributed by atoms with Gasteiger partial charge in [-0.1, -0.05) is 41.4 Å². The molecule has 21 heavy (non-hydrogen) atoms. The molecule has 0 aliphatic carbocycles. The lowest BCUT2D eigenvalue weighted by Gasteiger charge is -2.08. The first kappa shape index (κ1) is 14.2. The molecule has 0 saturated heterocycles. The van der Waals surface area contributed by atoms with Gasteiger partial charge in [0.05, 0.1) is 15.9 Å². The number of fused-ring (bicyclic) bond motifs is 1. The molecule has 0 radical (unpaired) electrons. The highest BCUT2D eigenvalue weighted by atomic mass is 35.5. The first-order valence-corrected chi connectivity index (χ1v) is 7.12. The van der Waals surface area contributed by atoms with E-state index in [-0.39, 0.29) is 11.0 Å². The van der Waals surface area contributed by atoms with Crippen molar-refractivity contribution in [3.63, 3.8) is 0 Å². The Hall–Kier alpha value is -1.71. The highest BCUT2D eigenvalue weighted by Gasteiger charge is 2.13. The van der Waals surface area contributed by atoms with E-state index >= 15 is 0 Å². The van der Waals surface area contributed by atoms with Gasteiger partial charge < -0.3 is 0 Å². The molecule has 0 bridgehead atoms. The average Bonchev–Trinajstić information content (AvgIpc) is 2.45. The number of nitrogens with zero attached hydrogens (tertiary/aromatic N) is 2. The zero-order valence-corrected chi connectivity index (χ0v) is 12.9. The summed E-state index contributed by atoms with van der Waals surface area (Å²) in [7, 11) is 0. The Bertz CT molecular complexity index is 863. The summed E-state index contributed by atoms with van der Waals surface area (Å²) in [6.45, 7) is 3.62. The highest BCUT2D eigenvalue weighted by molar-refractivity contribution is 6.41. The number of halogens is 3. The van der Waals surface area contributed by atoms with Crippen LogP contribution in [0.1, 0.15) is 11.1 Å². The second-order valence-electron chi connectivity index (χ2n) is 4.89. The summed E-state index contributed by atoms with van der Waals surface area (Å²) in [6, 6.07) is 8.51. The molecule has 0 spiro atoms. The molecule has 5 heteroatoms. The predicted octanol–water partition coefficient (Wildman–Crippen LogP) is 5.36. The smallest absolute Gasteiger partial charge is 0.161 e. The maximum Gasteiger partial charge on any atom is 0.161 e. The fourth-order valence-electron chi connectivity index (χ4n) is 2.15. The lowest BCUT2D eigenvalue weighted by atomic mass is 10.1. The molecule has 0 fully saturated rings. The molecule has 3 rings (SSSR count). The number of rotatable bonds is 1. The van der Waals surface area contributed by atoms with Crippen LogP contribution in [-0.2, 0) is 0 Å². The Morgan fingerprint density at radius 1 is 0.952 bits per heavy atom. The average molecular weight is 321 g/mol. The Morgan fingerprint density at radius 2 is 1.67 bits per heavy atom. The van der Waals surface area contributed by atoms with Crippen LogP contribution in [0.25, 0.3) is 22.3 Å². The predicted molar refractivity (Wildman–Crippen MR) is 84.4 cm³/mol. The van der Waals surface area contributed by atoms with Crippen LogP contribution < -0.4 is 0 Å². The van der Waals surface area contributed by atoms with Crippen LogP contribution in [0.2, 0.25) is 10.2 Å². The fraction of sp³-hybridized carbons (Fsp3) is 0.125. The van der Waals surface area contributed by atoms with Crippen molar-refractivity contribution < 1.29 is 4.39 Å². The standard InChI is InChI=1S/C16H11Cl2FN2/c1-8-3-5-10(7-12(8)19)16-20-14-9(2)4-6-11(17)13(14)15(18)21-16/h3-7H,1-2H3. The van der Waals surface area contributed by atoms with Gasteiger partial charge in [0.15, 0.2) is 5.82 Å². The van der Waals surface area contributed by atoms with E-state index in [1.54, 1.807) is 25.1 Å². The third-order valence-electron chi connectivity index (χ3n) is 3.39. The van der Waals surface area contributed by atoms with Crippen LogP contribution in [0.3, 0.4) is 0 Å². The van der Waals surface area contributed by atoms with Crippen molar-refractivity contribution >= 4 is 34.1 Å². The second kappa shape index (κ2) is 5.24. The molecule has 2 aromatic carbocycles. The number of aryl methyl sites for hydroxylation is 2. The zero-order valence-electron chi connectivity index (χ0n) is 11.4. The van der Waals surface area contributed by atoms with E-state index < -0.39 is 0 Å². The summed E-state index contributed by atoms with van der Waals surface area (Å²) in [4.78, 5) is 8.74. The largest absolute Gasteiger partial charge is 0.228 e. The molecule has 0 aliphatic heterocycles. The van der Waals surface area contributed by atoms with Gasteiger partial charge in [-0.15, -0.1) is 0 Å². The molecule has 0 unspecified atom stereocenters. The Labute approximate surface area is 131 Å². The van der Waals surface area contributed by atoms with E-state index in [0.29, 0.717) is 32.9 Å². The maximum atomic E-state index is 13.7. The topological polar surface area (TPSA) is 25.8 Å². The molecule has 1 aromatic heterocycles. The minimum absolute atomic E-state index is 0.268. The molecule has 1 heterocycles. The van der Waals surface area contributed by atoms with E-state index in [1.165, 1.54) is 6.07 Å². The van der Waals surface area contributed by atoms with Crippen LogP contribution in [-0.4, -0.2) is 9.97 Å². The van der Waals surface area contributed by atoms with Gasteiger partial charge >= 0.3 is 0 Å². The van der Waals surface area contributed by atoms with Gasteiger partial charge in [-0.2, -0.15) is 0 Å². The van der Waals surface area contributed by atoms with Crippen LogP contribution in [0.5, 0.6) is 0 Å². The van der Waals surface area contributed by atoms with Crippen LogP contribution >= 0.6 is 23.2 Å². The van der Waals surface area contributed by atoms with Gasteiger partial charge in [0, 0.05) is 5.56 Å². The van der Waals surface area contributed by atoms with Gasteiger partial charge in [0.1, 0.15) is 11.0 Å². The zero-order chi connectivity index (χ0) is 15.1. The van der Waals surface area contributed by atoms with E-state index in [9.17, 15) is 4.39 Å². The molecule has 0 N–H and O–H groups in total. The van der Waals surface area contributed by atoms with Gasteiger partial charge in [-0.25, -0.2) is 14.4 Å². The molecule has 0 aliphatic rings. The summed E-state index contributed by atoms with van der Waals surface area (Å²) in [5.41, 5.74) is 2.78. The van der Waals surface area contributed by atoms with Crippen molar-refractivity contribution in [2.24, 2.45) is 0 Å². The minimum Gasteiger partial charge on any atom is -0.228 e. The maximum absolute atomic E-state index is 13.7. The van der Waals surface area contributed by atoms with E-state index in [1.807, 2.05) is 13.0 Å². The van der Waals surface area contributed by atoms with Gasteiger partial charge in [0.2, 0.25) is 0 Å². The number of aromatic nitrogens is 2. The number of hydrogen-bond acceptors (Lipinski definition) is 2. The van der Waals surface area contributed by atoms with Crippen LogP contribution in [0, 0.1) is 19.7 Å². The van der Waals surface area contributed by atoms with Crippen LogP contribution in [0.15, 0.2) is 30.3 Å². The first-order chi connectivity index (χ1) is 9.97. The molecular weight excluding hydrogens is 310 g/mol. The van der Waals surface area contributed by atoms with E-state index in [0.717, 1.165) is 5.56 Å². The number of benzene rings is 2. The quantitative estimate of drug-likeness (QED) is 0.564. The van der Waals surface area contributed by atoms with E-state index in [4.69, 9.17) is 23.2 Å². The third-order valence-corrected chi connectivity index (χ3v) is 3.98. The van der Waals surface area contributed by atoms with Crippen molar-refractivity contribution in [3.05, 3.63) is 57.5 Å². The van der Waals surface area contributed by atoms with Crippen LogP contribution in [0.4, 0.5) is 4.39 Å². The van der Waals surface area contributed by atoms with E-state index in [2.05, 4.69) is 9.97 Å². The Morgan fingerprint density at radius 3 is 2.38 bits per heavy atom. The van der Waals surface area contributed by atoms with Crippen molar-refractivity contribution in [2.45, 2.75) is 13.8 Å². The first-order valence-electron chi connectivity index (χ1n) is 6.36. The highest BCUT2D eigenvalue weighted by Crippen LogP contribution is 2.32. The molecule has 2 nitrogen and oxygen atoms in total. The van der Waals surface area contributed by atoms with Crippen molar-refractivity contribution in [3.8, 4) is 11.4 Å². The lowest BCUT2D eigenvalue weighted by Crippen LogP contribution is -1.95. The summed E-state index contributed by atoms with van der Waals surface area (Å²) in [5, 5.41) is 1.39. The monoisotopic (exact) mass is 320 g/mol. The normalized spacial score (nSPS) is 11.1. The molecular formula is C16H11Cl2FN2. The summed E-state index contributed by atoms with van der Waals surface area (Å²) < 4.78 is 13.7. The van der Waals surface area contributed by atoms with Gasteiger partial charge in [0.25, 0.3) is 0 Å². The van der Waals surface area contributed by atoms with Crippen molar-refractivity contribution in [1.29, 1.82) is 0 Å². The van der Waals surface area contributed by atoms with Gasteiger partial charge in [-0.05, 0) is 37.1 Å². The summed E-state index contributed by atoms with van der Waals surface area (Å²) in [5.74, 6) is 0.0897.